The lowest BCUT2D eigenvalue weighted by Gasteiger charge is -2.34. The lowest BCUT2D eigenvalue weighted by Crippen LogP contribution is -2.49. The molecular weight excluding hydrogens is 317 g/mol. The fraction of sp³-hybridized carbons (Fsp3) is 0.462. The van der Waals surface area contributed by atoms with Gasteiger partial charge in [-0.1, -0.05) is 15.9 Å². The Labute approximate surface area is 119 Å². The number of methoxy groups -OCH3 is 1. The van der Waals surface area contributed by atoms with Gasteiger partial charge in [-0.05, 0) is 12.1 Å². The topological polar surface area (TPSA) is 38.8 Å². The lowest BCUT2D eigenvalue weighted by atomic mass is 10.1. The summed E-state index contributed by atoms with van der Waals surface area (Å²) in [6.07, 6.45) is 0. The van der Waals surface area contributed by atoms with Gasteiger partial charge in [0.2, 0.25) is 0 Å². The maximum atomic E-state index is 13.9. The first kappa shape index (κ1) is 14.3. The van der Waals surface area contributed by atoms with Crippen LogP contribution in [0.5, 0.6) is 5.75 Å². The number of amides is 1. The average molecular weight is 332 g/mol. The summed E-state index contributed by atoms with van der Waals surface area (Å²) in [4.78, 5) is 14.0. The Morgan fingerprint density at radius 3 is 3.05 bits per heavy atom. The Morgan fingerprint density at radius 2 is 2.42 bits per heavy atom. The summed E-state index contributed by atoms with van der Waals surface area (Å²) < 4.78 is 24.1. The predicted octanol–water partition coefficient (Wildman–Crippen LogP) is 2.07. The van der Waals surface area contributed by atoms with E-state index in [9.17, 15) is 9.18 Å². The van der Waals surface area contributed by atoms with E-state index in [0.717, 1.165) is 0 Å². The Bertz CT molecular complexity index is 469. The number of morpholine rings is 1. The first-order chi connectivity index (χ1) is 9.17. The molecule has 19 heavy (non-hydrogen) atoms. The first-order valence-electron chi connectivity index (χ1n) is 5.95. The zero-order chi connectivity index (χ0) is 13.8. The highest BCUT2D eigenvalue weighted by Crippen LogP contribution is 2.20. The number of nitrogens with zero attached hydrogens (tertiary/aromatic N) is 1. The Hall–Kier alpha value is -1.14. The Morgan fingerprint density at radius 1 is 1.63 bits per heavy atom. The molecule has 1 amide bonds. The van der Waals surface area contributed by atoms with E-state index in [-0.39, 0.29) is 17.5 Å². The Kier molecular flexibility index (Phi) is 4.76. The second kappa shape index (κ2) is 6.34. The fourth-order valence-electron chi connectivity index (χ4n) is 2.00. The maximum absolute atomic E-state index is 13.9. The molecule has 0 bridgehead atoms. The van der Waals surface area contributed by atoms with E-state index >= 15 is 0 Å². The molecule has 104 valence electrons. The summed E-state index contributed by atoms with van der Waals surface area (Å²) in [5.74, 6) is -0.481. The zero-order valence-corrected chi connectivity index (χ0v) is 12.2. The lowest BCUT2D eigenvalue weighted by molar-refractivity contribution is 0.00500. The molecule has 0 radical (unpaired) electrons. The number of rotatable bonds is 3. The first-order valence-corrected chi connectivity index (χ1v) is 7.07. The quantitative estimate of drug-likeness (QED) is 0.796. The van der Waals surface area contributed by atoms with Gasteiger partial charge in [-0.2, -0.15) is 0 Å². The minimum absolute atomic E-state index is 0.0636. The average Bonchev–Trinajstić information content (AvgIpc) is 2.46. The van der Waals surface area contributed by atoms with Gasteiger partial charge < -0.3 is 14.4 Å². The van der Waals surface area contributed by atoms with Crippen LogP contribution in [0.1, 0.15) is 10.4 Å². The number of hydrogen-bond acceptors (Lipinski definition) is 3. The molecule has 1 aliphatic heterocycles. The van der Waals surface area contributed by atoms with Gasteiger partial charge in [-0.3, -0.25) is 4.79 Å². The van der Waals surface area contributed by atoms with Crippen molar-refractivity contribution in [2.24, 2.45) is 0 Å². The molecular formula is C13H15BrFNO3. The van der Waals surface area contributed by atoms with Crippen molar-refractivity contribution in [3.63, 3.8) is 0 Å². The van der Waals surface area contributed by atoms with Crippen molar-refractivity contribution >= 4 is 21.8 Å². The molecule has 1 aliphatic rings. The van der Waals surface area contributed by atoms with Crippen molar-refractivity contribution in [1.82, 2.24) is 4.90 Å². The summed E-state index contributed by atoms with van der Waals surface area (Å²) in [7, 11) is 1.46. The van der Waals surface area contributed by atoms with E-state index in [1.54, 1.807) is 11.0 Å². The van der Waals surface area contributed by atoms with Crippen molar-refractivity contribution in [3.8, 4) is 5.75 Å². The molecule has 1 aromatic rings. The van der Waals surface area contributed by atoms with Crippen LogP contribution in [0, 0.1) is 5.82 Å². The third-order valence-electron chi connectivity index (χ3n) is 3.07. The molecule has 1 aromatic carbocycles. The van der Waals surface area contributed by atoms with E-state index in [0.29, 0.717) is 30.8 Å². The summed E-state index contributed by atoms with van der Waals surface area (Å²) >= 11 is 3.35. The van der Waals surface area contributed by atoms with Gasteiger partial charge in [0.15, 0.2) is 0 Å². The molecule has 2 rings (SSSR count). The smallest absolute Gasteiger partial charge is 0.257 e. The van der Waals surface area contributed by atoms with Gasteiger partial charge in [0.05, 0.1) is 31.9 Å². The van der Waals surface area contributed by atoms with Crippen molar-refractivity contribution < 1.29 is 18.7 Å². The van der Waals surface area contributed by atoms with Gasteiger partial charge in [-0.25, -0.2) is 4.39 Å². The molecule has 1 atom stereocenters. The summed E-state index contributed by atoms with van der Waals surface area (Å²) in [6.45, 7) is 1.42. The van der Waals surface area contributed by atoms with Gasteiger partial charge in [-0.15, -0.1) is 0 Å². The summed E-state index contributed by atoms with van der Waals surface area (Å²) in [6, 6.07) is 4.19. The standard InChI is InChI=1S/C13H15BrFNO3/c1-18-10-2-3-11(12(15)6-10)13(17)16-4-5-19-8-9(16)7-14/h2-3,6,9H,4-5,7-8H2,1H3. The number of ether oxygens (including phenoxy) is 2. The van der Waals surface area contributed by atoms with Gasteiger partial charge in [0.1, 0.15) is 11.6 Å². The van der Waals surface area contributed by atoms with Crippen LogP contribution < -0.4 is 4.74 Å². The highest BCUT2D eigenvalue weighted by molar-refractivity contribution is 9.09. The van der Waals surface area contributed by atoms with Crippen LogP contribution in [0.25, 0.3) is 0 Å². The number of alkyl halides is 1. The number of carbonyl (C=O) groups excluding carboxylic acids is 1. The molecule has 0 saturated carbocycles. The molecule has 6 heteroatoms. The van der Waals surface area contributed by atoms with E-state index < -0.39 is 5.82 Å². The highest BCUT2D eigenvalue weighted by atomic mass is 79.9. The predicted molar refractivity (Wildman–Crippen MR) is 72.4 cm³/mol. The third kappa shape index (κ3) is 3.06. The SMILES string of the molecule is COc1ccc(C(=O)N2CCOCC2CBr)c(F)c1. The summed E-state index contributed by atoms with van der Waals surface area (Å²) in [5.41, 5.74) is 0.0636. The second-order valence-corrected chi connectivity index (χ2v) is 4.87. The largest absolute Gasteiger partial charge is 0.497 e. The van der Waals surface area contributed by atoms with Crippen LogP contribution in [0.3, 0.4) is 0 Å². The molecule has 0 spiro atoms. The summed E-state index contributed by atoms with van der Waals surface area (Å²) in [5, 5.41) is 0.608. The monoisotopic (exact) mass is 331 g/mol. The minimum atomic E-state index is -0.566. The molecule has 1 fully saturated rings. The Balaban J connectivity index is 2.23. The fourth-order valence-corrected chi connectivity index (χ4v) is 2.54. The normalized spacial score (nSPS) is 19.3. The molecule has 0 N–H and O–H groups in total. The second-order valence-electron chi connectivity index (χ2n) is 4.23. The van der Waals surface area contributed by atoms with Gasteiger partial charge >= 0.3 is 0 Å². The number of carbonyl (C=O) groups is 1. The van der Waals surface area contributed by atoms with Crippen LogP contribution in [-0.2, 0) is 4.74 Å². The number of hydrogen-bond donors (Lipinski definition) is 0. The molecule has 0 aromatic heterocycles. The van der Waals surface area contributed by atoms with Crippen LogP contribution in [-0.4, -0.2) is 49.0 Å². The maximum Gasteiger partial charge on any atom is 0.257 e. The molecule has 1 unspecified atom stereocenters. The van der Waals surface area contributed by atoms with E-state index in [2.05, 4.69) is 15.9 Å². The highest BCUT2D eigenvalue weighted by Gasteiger charge is 2.28. The van der Waals surface area contributed by atoms with Crippen molar-refractivity contribution in [2.75, 3.05) is 32.2 Å². The molecule has 4 nitrogen and oxygen atoms in total. The molecule has 0 aliphatic carbocycles. The van der Waals surface area contributed by atoms with Crippen molar-refractivity contribution in [3.05, 3.63) is 29.6 Å². The van der Waals surface area contributed by atoms with Crippen molar-refractivity contribution in [2.45, 2.75) is 6.04 Å². The molecule has 1 saturated heterocycles. The van der Waals surface area contributed by atoms with Gasteiger partial charge in [0.25, 0.3) is 5.91 Å². The van der Waals surface area contributed by atoms with Crippen LogP contribution in [0.2, 0.25) is 0 Å². The number of benzene rings is 1. The van der Waals surface area contributed by atoms with E-state index in [1.807, 2.05) is 0 Å². The van der Waals surface area contributed by atoms with E-state index in [4.69, 9.17) is 9.47 Å². The van der Waals surface area contributed by atoms with Crippen molar-refractivity contribution in [1.29, 1.82) is 0 Å². The van der Waals surface area contributed by atoms with Crippen LogP contribution >= 0.6 is 15.9 Å². The van der Waals surface area contributed by atoms with E-state index in [1.165, 1.54) is 19.2 Å². The number of halogens is 2. The third-order valence-corrected chi connectivity index (χ3v) is 3.82. The van der Waals surface area contributed by atoms with Gasteiger partial charge in [0, 0.05) is 17.9 Å². The van der Waals surface area contributed by atoms with Crippen LogP contribution in [0.4, 0.5) is 4.39 Å². The zero-order valence-electron chi connectivity index (χ0n) is 10.6. The minimum Gasteiger partial charge on any atom is -0.497 e. The van der Waals surface area contributed by atoms with Crippen LogP contribution in [0.15, 0.2) is 18.2 Å². The molecule has 1 heterocycles.